The number of rotatable bonds is 4. The lowest BCUT2D eigenvalue weighted by atomic mass is 10.2. The van der Waals surface area contributed by atoms with Crippen LogP contribution < -0.4 is 5.32 Å². The van der Waals surface area contributed by atoms with Gasteiger partial charge in [0, 0.05) is 11.3 Å². The third-order valence-corrected chi connectivity index (χ3v) is 4.25. The molecule has 1 aromatic carbocycles. The van der Waals surface area contributed by atoms with Crippen molar-refractivity contribution in [2.24, 2.45) is 0 Å². The van der Waals surface area contributed by atoms with Gasteiger partial charge < -0.3 is 0 Å². The first-order valence-electron chi connectivity index (χ1n) is 7.23. The molecule has 23 heavy (non-hydrogen) atoms. The van der Waals surface area contributed by atoms with E-state index in [2.05, 4.69) is 20.6 Å². The number of nitrogens with one attached hydrogen (secondary N) is 1. The number of benzene rings is 1. The summed E-state index contributed by atoms with van der Waals surface area (Å²) in [6.45, 7) is 6.03. The molecule has 0 aliphatic rings. The van der Waals surface area contributed by atoms with E-state index in [1.807, 2.05) is 51.1 Å². The molecule has 118 valence electrons. The number of nitrogens with zero attached hydrogens (tertiary/aromatic N) is 4. The smallest absolute Gasteiger partial charge is 0.247 e. The minimum absolute atomic E-state index is 0.164. The van der Waals surface area contributed by atoms with Gasteiger partial charge in [-0.1, -0.05) is 41.2 Å². The molecule has 0 aliphatic carbocycles. The summed E-state index contributed by atoms with van der Waals surface area (Å²) in [5, 5.41) is 16.5. The number of anilines is 1. The van der Waals surface area contributed by atoms with E-state index in [-0.39, 0.29) is 12.5 Å². The van der Waals surface area contributed by atoms with Crippen LogP contribution in [0.5, 0.6) is 0 Å². The molecule has 3 rings (SSSR count). The highest BCUT2D eigenvalue weighted by molar-refractivity contribution is 7.18. The fourth-order valence-electron chi connectivity index (χ4n) is 2.22. The van der Waals surface area contributed by atoms with E-state index in [0.29, 0.717) is 5.13 Å². The summed E-state index contributed by atoms with van der Waals surface area (Å²) in [6, 6.07) is 9.98. The molecule has 2 heterocycles. The third kappa shape index (κ3) is 3.62. The van der Waals surface area contributed by atoms with Gasteiger partial charge in [-0.25, -0.2) is 0 Å². The molecule has 0 spiro atoms. The molecule has 0 saturated heterocycles. The van der Waals surface area contributed by atoms with Crippen molar-refractivity contribution in [3.63, 3.8) is 0 Å². The lowest BCUT2D eigenvalue weighted by molar-refractivity contribution is -0.116. The Hall–Kier alpha value is -2.54. The minimum Gasteiger partial charge on any atom is -0.299 e. The lowest BCUT2D eigenvalue weighted by Crippen LogP contribution is -2.20. The highest BCUT2D eigenvalue weighted by atomic mass is 32.1. The van der Waals surface area contributed by atoms with Crippen molar-refractivity contribution in [2.45, 2.75) is 27.3 Å². The van der Waals surface area contributed by atoms with Crippen LogP contribution in [-0.2, 0) is 11.3 Å². The third-order valence-electron chi connectivity index (χ3n) is 3.37. The van der Waals surface area contributed by atoms with Gasteiger partial charge in [-0.05, 0) is 26.8 Å². The van der Waals surface area contributed by atoms with Crippen molar-refractivity contribution in [3.05, 3.63) is 47.3 Å². The van der Waals surface area contributed by atoms with Crippen LogP contribution in [0, 0.1) is 20.8 Å². The Balaban J connectivity index is 1.68. The maximum Gasteiger partial charge on any atom is 0.247 e. The highest BCUT2D eigenvalue weighted by Gasteiger charge is 2.11. The van der Waals surface area contributed by atoms with E-state index in [1.54, 1.807) is 4.68 Å². The molecular formula is C16H17N5OS. The summed E-state index contributed by atoms with van der Waals surface area (Å²) in [7, 11) is 0. The fourth-order valence-corrected chi connectivity index (χ4v) is 2.98. The summed E-state index contributed by atoms with van der Waals surface area (Å²) in [5.41, 5.74) is 4.03. The van der Waals surface area contributed by atoms with Gasteiger partial charge in [0.2, 0.25) is 11.0 Å². The molecule has 2 aromatic heterocycles. The topological polar surface area (TPSA) is 72.7 Å². The summed E-state index contributed by atoms with van der Waals surface area (Å²) in [4.78, 5) is 12.1. The maximum atomic E-state index is 12.1. The van der Waals surface area contributed by atoms with Gasteiger partial charge >= 0.3 is 0 Å². The van der Waals surface area contributed by atoms with Gasteiger partial charge in [0.05, 0.1) is 5.69 Å². The van der Waals surface area contributed by atoms with E-state index in [4.69, 9.17) is 0 Å². The number of hydrogen-bond donors (Lipinski definition) is 1. The number of aromatic nitrogens is 4. The molecule has 6 nitrogen and oxygen atoms in total. The molecule has 1 amide bonds. The van der Waals surface area contributed by atoms with Crippen LogP contribution in [0.15, 0.2) is 30.3 Å². The second-order valence-corrected chi connectivity index (χ2v) is 6.39. The fraction of sp³-hybridized carbons (Fsp3) is 0.250. The monoisotopic (exact) mass is 327 g/mol. The summed E-state index contributed by atoms with van der Waals surface area (Å²) >= 11 is 1.36. The van der Waals surface area contributed by atoms with Crippen LogP contribution in [0.1, 0.15) is 17.0 Å². The van der Waals surface area contributed by atoms with Crippen molar-refractivity contribution < 1.29 is 4.79 Å². The molecule has 3 aromatic rings. The van der Waals surface area contributed by atoms with Crippen molar-refractivity contribution in [3.8, 4) is 10.6 Å². The van der Waals surface area contributed by atoms with E-state index in [0.717, 1.165) is 22.0 Å². The number of hydrogen-bond acceptors (Lipinski definition) is 5. The first-order chi connectivity index (χ1) is 11.0. The van der Waals surface area contributed by atoms with Crippen LogP contribution in [0.4, 0.5) is 5.13 Å². The average molecular weight is 327 g/mol. The van der Waals surface area contributed by atoms with Crippen molar-refractivity contribution in [1.82, 2.24) is 20.0 Å². The molecule has 7 heteroatoms. The van der Waals surface area contributed by atoms with Gasteiger partial charge in [0.25, 0.3) is 0 Å². The predicted molar refractivity (Wildman–Crippen MR) is 90.4 cm³/mol. The van der Waals surface area contributed by atoms with E-state index < -0.39 is 0 Å². The van der Waals surface area contributed by atoms with Gasteiger partial charge in [0.1, 0.15) is 11.6 Å². The summed E-state index contributed by atoms with van der Waals surface area (Å²) in [5.74, 6) is -0.164. The van der Waals surface area contributed by atoms with Crippen molar-refractivity contribution in [1.29, 1.82) is 0 Å². The Kier molecular flexibility index (Phi) is 4.20. The minimum atomic E-state index is -0.164. The van der Waals surface area contributed by atoms with Crippen LogP contribution in [-0.4, -0.2) is 25.9 Å². The zero-order valence-electron chi connectivity index (χ0n) is 13.2. The van der Waals surface area contributed by atoms with Gasteiger partial charge in [-0.3, -0.25) is 14.8 Å². The molecule has 0 saturated carbocycles. The summed E-state index contributed by atoms with van der Waals surface area (Å²) in [6.07, 6.45) is 0. The average Bonchev–Trinajstić information content (AvgIpc) is 3.07. The molecule has 0 aliphatic heterocycles. The standard InChI is InChI=1S/C16H17N5OS/c1-10-4-6-13(7-5-10)15-18-19-16(23-15)17-14(22)9-21-12(3)8-11(2)20-21/h4-8H,9H2,1-3H3,(H,17,19,22). The SMILES string of the molecule is Cc1ccc(-c2nnc(NC(=O)Cn3nc(C)cc3C)s2)cc1. The molecule has 0 bridgehead atoms. The van der Waals surface area contributed by atoms with Gasteiger partial charge in [-0.15, -0.1) is 10.2 Å². The second kappa shape index (κ2) is 6.29. The van der Waals surface area contributed by atoms with Crippen LogP contribution >= 0.6 is 11.3 Å². The summed E-state index contributed by atoms with van der Waals surface area (Å²) < 4.78 is 1.67. The lowest BCUT2D eigenvalue weighted by Gasteiger charge is -2.03. The van der Waals surface area contributed by atoms with E-state index in [1.165, 1.54) is 16.9 Å². The molecular weight excluding hydrogens is 310 g/mol. The van der Waals surface area contributed by atoms with Crippen LogP contribution in [0.3, 0.4) is 0 Å². The maximum absolute atomic E-state index is 12.1. The Morgan fingerprint density at radius 2 is 1.91 bits per heavy atom. The Morgan fingerprint density at radius 3 is 2.57 bits per heavy atom. The van der Waals surface area contributed by atoms with Crippen LogP contribution in [0.2, 0.25) is 0 Å². The predicted octanol–water partition coefficient (Wildman–Crippen LogP) is 2.97. The van der Waals surface area contributed by atoms with Crippen molar-refractivity contribution >= 4 is 22.4 Å². The van der Waals surface area contributed by atoms with Gasteiger partial charge in [0.15, 0.2) is 0 Å². The first kappa shape index (κ1) is 15.4. The van der Waals surface area contributed by atoms with E-state index >= 15 is 0 Å². The highest BCUT2D eigenvalue weighted by Crippen LogP contribution is 2.26. The normalized spacial score (nSPS) is 10.7. The van der Waals surface area contributed by atoms with Crippen molar-refractivity contribution in [2.75, 3.05) is 5.32 Å². The zero-order chi connectivity index (χ0) is 16.4. The molecule has 0 radical (unpaired) electrons. The van der Waals surface area contributed by atoms with Gasteiger partial charge in [-0.2, -0.15) is 5.10 Å². The largest absolute Gasteiger partial charge is 0.299 e. The quantitative estimate of drug-likeness (QED) is 0.799. The molecule has 0 fully saturated rings. The Morgan fingerprint density at radius 1 is 1.17 bits per heavy atom. The Labute approximate surface area is 138 Å². The number of amides is 1. The number of carbonyl (C=O) groups excluding carboxylic acids is 1. The van der Waals surface area contributed by atoms with E-state index in [9.17, 15) is 4.79 Å². The molecule has 0 unspecified atom stereocenters. The Bertz CT molecular complexity index is 835. The van der Waals surface area contributed by atoms with Crippen LogP contribution in [0.25, 0.3) is 10.6 Å². The molecule has 1 N–H and O–H groups in total. The molecule has 0 atom stereocenters. The second-order valence-electron chi connectivity index (χ2n) is 5.41. The first-order valence-corrected chi connectivity index (χ1v) is 8.04. The number of aryl methyl sites for hydroxylation is 3. The number of carbonyl (C=O) groups is 1. The zero-order valence-corrected chi connectivity index (χ0v) is 14.0.